The van der Waals surface area contributed by atoms with Crippen LogP contribution in [0.4, 0.5) is 8.78 Å². The van der Waals surface area contributed by atoms with E-state index >= 15 is 0 Å². The van der Waals surface area contributed by atoms with E-state index in [1.54, 1.807) is 12.3 Å². The summed E-state index contributed by atoms with van der Waals surface area (Å²) in [6.07, 6.45) is 3.56. The van der Waals surface area contributed by atoms with E-state index in [2.05, 4.69) is 14.7 Å². The number of Topliss-reactive ketones (excluding diaryl/α,β-unsaturated/α-hetero) is 1. The summed E-state index contributed by atoms with van der Waals surface area (Å²) < 4.78 is 34.0. The van der Waals surface area contributed by atoms with Crippen LogP contribution in [0, 0.1) is 6.92 Å². The van der Waals surface area contributed by atoms with Crippen molar-refractivity contribution in [2.45, 2.75) is 26.4 Å². The number of benzene rings is 1. The second kappa shape index (κ2) is 7.94. The number of hydrogen-bond donors (Lipinski definition) is 1. The number of aromatic nitrogens is 2. The van der Waals surface area contributed by atoms with Crippen molar-refractivity contribution in [2.75, 3.05) is 0 Å². The molecule has 0 aliphatic carbocycles. The van der Waals surface area contributed by atoms with Crippen molar-refractivity contribution in [1.82, 2.24) is 9.97 Å². The highest BCUT2D eigenvalue weighted by Gasteiger charge is 2.15. The Morgan fingerprint density at radius 3 is 2.85 bits per heavy atom. The average Bonchev–Trinajstić information content (AvgIpc) is 3.10. The minimum atomic E-state index is -3.03. The van der Waals surface area contributed by atoms with Crippen LogP contribution in [-0.4, -0.2) is 27.5 Å². The van der Waals surface area contributed by atoms with E-state index in [9.17, 15) is 18.7 Å². The molecule has 0 spiro atoms. The molecule has 0 bridgehead atoms. The molecule has 6 nitrogen and oxygen atoms in total. The number of aryl methyl sites for hydroxylation is 2. The molecule has 0 aliphatic rings. The van der Waals surface area contributed by atoms with Gasteiger partial charge in [-0.1, -0.05) is 6.07 Å². The Balaban J connectivity index is 1.67. The van der Waals surface area contributed by atoms with Crippen molar-refractivity contribution >= 4 is 5.78 Å². The quantitative estimate of drug-likeness (QED) is 0.625. The standard InChI is InChI=1S/C19H16F2N2O4/c1-11-3-2-8-22-17(11)14(24)6-5-13-10-26-18(23-13)12-4-7-16(15(25)9-12)27-19(20)21/h2-4,7-10,19,25H,5-6H2,1H3. The molecule has 0 radical (unpaired) electrons. The van der Waals surface area contributed by atoms with Crippen molar-refractivity contribution in [3.05, 3.63) is 59.7 Å². The van der Waals surface area contributed by atoms with Crippen LogP contribution in [0.2, 0.25) is 0 Å². The minimum absolute atomic E-state index is 0.0937. The predicted octanol–water partition coefficient (Wildman–Crippen LogP) is 4.17. The predicted molar refractivity (Wildman–Crippen MR) is 91.9 cm³/mol. The molecule has 1 aromatic carbocycles. The largest absolute Gasteiger partial charge is 0.504 e. The normalized spacial score (nSPS) is 11.0. The van der Waals surface area contributed by atoms with Gasteiger partial charge in [0.2, 0.25) is 5.89 Å². The number of carbonyl (C=O) groups is 1. The maximum absolute atomic E-state index is 12.3. The third-order valence-corrected chi connectivity index (χ3v) is 3.86. The zero-order valence-electron chi connectivity index (χ0n) is 14.4. The van der Waals surface area contributed by atoms with Gasteiger partial charge in [-0.15, -0.1) is 0 Å². The van der Waals surface area contributed by atoms with Gasteiger partial charge < -0.3 is 14.3 Å². The molecule has 0 unspecified atom stereocenters. The SMILES string of the molecule is Cc1cccnc1C(=O)CCc1coc(-c2ccc(OC(F)F)c(O)c2)n1. The van der Waals surface area contributed by atoms with Crippen LogP contribution in [0.15, 0.2) is 47.2 Å². The van der Waals surface area contributed by atoms with Gasteiger partial charge in [-0.25, -0.2) is 4.98 Å². The number of phenolic OH excluding ortho intramolecular Hbond substituents is 1. The van der Waals surface area contributed by atoms with Crippen LogP contribution < -0.4 is 4.74 Å². The van der Waals surface area contributed by atoms with Crippen LogP contribution >= 0.6 is 0 Å². The number of alkyl halides is 2. The Hall–Kier alpha value is -3.29. The second-order valence-electron chi connectivity index (χ2n) is 5.80. The van der Waals surface area contributed by atoms with Crippen molar-refractivity contribution < 1.29 is 27.8 Å². The van der Waals surface area contributed by atoms with E-state index in [0.717, 1.165) is 5.56 Å². The van der Waals surface area contributed by atoms with Crippen molar-refractivity contribution in [3.63, 3.8) is 0 Å². The number of rotatable bonds is 7. The first-order chi connectivity index (χ1) is 12.9. The Kier molecular flexibility index (Phi) is 5.44. The van der Waals surface area contributed by atoms with E-state index in [1.807, 2.05) is 13.0 Å². The van der Waals surface area contributed by atoms with Crippen molar-refractivity contribution in [1.29, 1.82) is 0 Å². The van der Waals surface area contributed by atoms with Gasteiger partial charge in [0, 0.05) is 24.6 Å². The molecule has 27 heavy (non-hydrogen) atoms. The number of pyridine rings is 1. The summed E-state index contributed by atoms with van der Waals surface area (Å²) in [4.78, 5) is 20.6. The number of ether oxygens (including phenoxy) is 1. The molecular formula is C19H16F2N2O4. The van der Waals surface area contributed by atoms with Gasteiger partial charge in [0.15, 0.2) is 17.3 Å². The highest BCUT2D eigenvalue weighted by atomic mass is 19.3. The number of aromatic hydroxyl groups is 1. The van der Waals surface area contributed by atoms with E-state index < -0.39 is 12.4 Å². The fraction of sp³-hybridized carbons (Fsp3) is 0.211. The average molecular weight is 374 g/mol. The zero-order chi connectivity index (χ0) is 19.4. The summed E-state index contributed by atoms with van der Waals surface area (Å²) in [5, 5.41) is 9.76. The summed E-state index contributed by atoms with van der Waals surface area (Å²) in [5.74, 6) is -0.681. The van der Waals surface area contributed by atoms with Gasteiger partial charge in [0.1, 0.15) is 12.0 Å². The fourth-order valence-corrected chi connectivity index (χ4v) is 2.54. The van der Waals surface area contributed by atoms with Gasteiger partial charge in [-0.2, -0.15) is 8.78 Å². The van der Waals surface area contributed by atoms with Gasteiger partial charge in [-0.05, 0) is 36.8 Å². The number of oxazole rings is 1. The lowest BCUT2D eigenvalue weighted by atomic mass is 10.1. The van der Waals surface area contributed by atoms with Gasteiger partial charge in [-0.3, -0.25) is 9.78 Å². The van der Waals surface area contributed by atoms with Gasteiger partial charge in [0.05, 0.1) is 5.69 Å². The number of nitrogens with zero attached hydrogens (tertiary/aromatic N) is 2. The summed E-state index contributed by atoms with van der Waals surface area (Å²) >= 11 is 0. The van der Waals surface area contributed by atoms with E-state index in [-0.39, 0.29) is 23.8 Å². The van der Waals surface area contributed by atoms with E-state index in [0.29, 0.717) is 23.4 Å². The molecule has 2 heterocycles. The summed E-state index contributed by atoms with van der Waals surface area (Å²) in [5.41, 5.74) is 2.19. The summed E-state index contributed by atoms with van der Waals surface area (Å²) in [6, 6.07) is 7.45. The maximum atomic E-state index is 12.3. The Morgan fingerprint density at radius 1 is 1.33 bits per heavy atom. The summed E-state index contributed by atoms with van der Waals surface area (Å²) in [7, 11) is 0. The van der Waals surface area contributed by atoms with Crippen LogP contribution in [-0.2, 0) is 6.42 Å². The minimum Gasteiger partial charge on any atom is -0.504 e. The van der Waals surface area contributed by atoms with Crippen molar-refractivity contribution in [3.8, 4) is 23.0 Å². The molecule has 0 aliphatic heterocycles. The first kappa shape index (κ1) is 18.5. The third kappa shape index (κ3) is 4.46. The smallest absolute Gasteiger partial charge is 0.387 e. The molecule has 1 N–H and O–H groups in total. The molecule has 8 heteroatoms. The molecule has 0 atom stereocenters. The second-order valence-corrected chi connectivity index (χ2v) is 5.80. The van der Waals surface area contributed by atoms with Crippen LogP contribution in [0.1, 0.15) is 28.2 Å². The van der Waals surface area contributed by atoms with Crippen LogP contribution in [0.25, 0.3) is 11.5 Å². The Labute approximate surface area is 153 Å². The lowest BCUT2D eigenvalue weighted by Gasteiger charge is -2.06. The van der Waals surface area contributed by atoms with Gasteiger partial charge in [0.25, 0.3) is 0 Å². The Morgan fingerprint density at radius 2 is 2.15 bits per heavy atom. The van der Waals surface area contributed by atoms with Crippen molar-refractivity contribution in [2.24, 2.45) is 0 Å². The fourth-order valence-electron chi connectivity index (χ4n) is 2.54. The molecule has 0 fully saturated rings. The highest BCUT2D eigenvalue weighted by molar-refractivity contribution is 5.95. The first-order valence-corrected chi connectivity index (χ1v) is 8.11. The zero-order valence-corrected chi connectivity index (χ0v) is 14.4. The summed E-state index contributed by atoms with van der Waals surface area (Å²) in [6.45, 7) is -1.21. The number of halogens is 2. The lowest BCUT2D eigenvalue weighted by molar-refractivity contribution is -0.0512. The van der Waals surface area contributed by atoms with Gasteiger partial charge >= 0.3 is 6.61 Å². The number of ketones is 1. The first-order valence-electron chi connectivity index (χ1n) is 8.11. The van der Waals surface area contributed by atoms with Crippen LogP contribution in [0.5, 0.6) is 11.5 Å². The monoisotopic (exact) mass is 374 g/mol. The number of carbonyl (C=O) groups excluding carboxylic acids is 1. The molecule has 0 saturated carbocycles. The molecule has 3 rings (SSSR count). The molecular weight excluding hydrogens is 358 g/mol. The van der Waals surface area contributed by atoms with E-state index in [4.69, 9.17) is 4.42 Å². The molecule has 3 aromatic rings. The van der Waals surface area contributed by atoms with E-state index in [1.165, 1.54) is 24.5 Å². The Bertz CT molecular complexity index is 956. The highest BCUT2D eigenvalue weighted by Crippen LogP contribution is 2.32. The van der Waals surface area contributed by atoms with Crippen LogP contribution in [0.3, 0.4) is 0 Å². The molecule has 0 saturated heterocycles. The lowest BCUT2D eigenvalue weighted by Crippen LogP contribution is -2.06. The molecule has 0 amide bonds. The molecule has 2 aromatic heterocycles. The number of hydrogen-bond acceptors (Lipinski definition) is 6. The molecule has 140 valence electrons. The maximum Gasteiger partial charge on any atom is 0.387 e. The number of phenols is 1. The third-order valence-electron chi connectivity index (χ3n) is 3.86. The topological polar surface area (TPSA) is 85.5 Å².